The zero-order chi connectivity index (χ0) is 16.7. The Morgan fingerprint density at radius 2 is 2.04 bits per heavy atom. The molecule has 1 N–H and O–H groups in total. The molecule has 2 heterocycles. The van der Waals surface area contributed by atoms with E-state index in [2.05, 4.69) is 25.4 Å². The van der Waals surface area contributed by atoms with Gasteiger partial charge in [0.2, 0.25) is 11.7 Å². The van der Waals surface area contributed by atoms with Crippen molar-refractivity contribution in [1.29, 1.82) is 0 Å². The van der Waals surface area contributed by atoms with Crippen LogP contribution < -0.4 is 5.32 Å². The average Bonchev–Trinajstić information content (AvgIpc) is 3.22. The minimum absolute atomic E-state index is 0.0585. The highest BCUT2D eigenvalue weighted by Crippen LogP contribution is 2.54. The van der Waals surface area contributed by atoms with Gasteiger partial charge in [0.1, 0.15) is 29.5 Å². The number of benzene rings is 1. The summed E-state index contributed by atoms with van der Waals surface area (Å²) in [6.07, 6.45) is 2.10. The first-order chi connectivity index (χ1) is 11.7. The van der Waals surface area contributed by atoms with E-state index in [4.69, 9.17) is 4.52 Å². The molecule has 2 aromatic heterocycles. The topological polar surface area (TPSA) is 76.7 Å². The van der Waals surface area contributed by atoms with Crippen molar-refractivity contribution in [2.45, 2.75) is 18.3 Å². The van der Waals surface area contributed by atoms with Crippen LogP contribution in [0.15, 0.2) is 35.1 Å². The van der Waals surface area contributed by atoms with E-state index in [1.165, 1.54) is 18.5 Å². The van der Waals surface area contributed by atoms with Crippen molar-refractivity contribution in [3.8, 4) is 11.5 Å². The molecule has 1 aliphatic rings. The first-order valence-electron chi connectivity index (χ1n) is 7.44. The normalized spacial score (nSPS) is 19.3. The summed E-state index contributed by atoms with van der Waals surface area (Å²) in [4.78, 5) is 12.5. The second kappa shape index (κ2) is 5.63. The van der Waals surface area contributed by atoms with E-state index < -0.39 is 11.6 Å². The van der Waals surface area contributed by atoms with Gasteiger partial charge in [-0.25, -0.2) is 18.7 Å². The van der Waals surface area contributed by atoms with Gasteiger partial charge in [-0.3, -0.25) is 0 Å². The number of aromatic nitrogens is 4. The summed E-state index contributed by atoms with van der Waals surface area (Å²) in [7, 11) is 1.75. The number of hydrogen-bond donors (Lipinski definition) is 1. The largest absolute Gasteiger partial charge is 0.373 e. The van der Waals surface area contributed by atoms with E-state index in [-0.39, 0.29) is 11.8 Å². The highest BCUT2D eigenvalue weighted by molar-refractivity contribution is 5.53. The van der Waals surface area contributed by atoms with Gasteiger partial charge < -0.3 is 9.84 Å². The van der Waals surface area contributed by atoms with Crippen molar-refractivity contribution in [3.63, 3.8) is 0 Å². The number of nitrogens with one attached hydrogen (secondary N) is 1. The Balaban J connectivity index is 1.56. The van der Waals surface area contributed by atoms with Crippen LogP contribution >= 0.6 is 0 Å². The fourth-order valence-corrected chi connectivity index (χ4v) is 2.72. The lowest BCUT2D eigenvalue weighted by Gasteiger charge is -2.00. The van der Waals surface area contributed by atoms with E-state index >= 15 is 0 Å². The van der Waals surface area contributed by atoms with E-state index in [9.17, 15) is 8.78 Å². The Labute approximate surface area is 136 Å². The summed E-state index contributed by atoms with van der Waals surface area (Å²) in [5.74, 6) is 0.171. The molecule has 1 fully saturated rings. The molecule has 0 radical (unpaired) electrons. The SMILES string of the molecule is CNc1cc(-c2noc([C@@H]3C[C@H]3c3ccc(F)cc3F)n2)ncn1. The van der Waals surface area contributed by atoms with Gasteiger partial charge in [-0.05, 0) is 24.0 Å². The summed E-state index contributed by atoms with van der Waals surface area (Å²) >= 11 is 0. The molecule has 0 bridgehead atoms. The third-order valence-electron chi connectivity index (χ3n) is 4.06. The predicted octanol–water partition coefficient (Wildman–Crippen LogP) is 3.12. The Bertz CT molecular complexity index is 898. The van der Waals surface area contributed by atoms with Gasteiger partial charge >= 0.3 is 0 Å². The molecule has 24 heavy (non-hydrogen) atoms. The molecule has 122 valence electrons. The van der Waals surface area contributed by atoms with Gasteiger partial charge in [-0.15, -0.1) is 0 Å². The highest BCUT2D eigenvalue weighted by atomic mass is 19.1. The lowest BCUT2D eigenvalue weighted by molar-refractivity contribution is 0.378. The first-order valence-corrected chi connectivity index (χ1v) is 7.44. The first kappa shape index (κ1) is 14.7. The average molecular weight is 329 g/mol. The van der Waals surface area contributed by atoms with Gasteiger partial charge in [0.05, 0.1) is 0 Å². The van der Waals surface area contributed by atoms with Gasteiger partial charge in [0.25, 0.3) is 0 Å². The minimum atomic E-state index is -0.586. The minimum Gasteiger partial charge on any atom is -0.373 e. The maximum Gasteiger partial charge on any atom is 0.230 e. The lowest BCUT2D eigenvalue weighted by atomic mass is 10.1. The third kappa shape index (κ3) is 2.60. The van der Waals surface area contributed by atoms with E-state index in [0.717, 1.165) is 6.07 Å². The van der Waals surface area contributed by atoms with Crippen molar-refractivity contribution in [2.75, 3.05) is 12.4 Å². The summed E-state index contributed by atoms with van der Waals surface area (Å²) in [6, 6.07) is 5.33. The van der Waals surface area contributed by atoms with Gasteiger partial charge in [-0.1, -0.05) is 11.2 Å². The van der Waals surface area contributed by atoms with Crippen molar-refractivity contribution in [3.05, 3.63) is 53.7 Å². The van der Waals surface area contributed by atoms with Crippen LogP contribution in [0, 0.1) is 11.6 Å². The lowest BCUT2D eigenvalue weighted by Crippen LogP contribution is -1.95. The van der Waals surface area contributed by atoms with Crippen LogP contribution in [0.3, 0.4) is 0 Å². The molecule has 1 saturated carbocycles. The molecule has 3 aromatic rings. The van der Waals surface area contributed by atoms with Crippen LogP contribution in [0.5, 0.6) is 0 Å². The maximum atomic E-state index is 13.9. The Morgan fingerprint density at radius 1 is 1.17 bits per heavy atom. The molecule has 2 atom stereocenters. The fourth-order valence-electron chi connectivity index (χ4n) is 2.72. The zero-order valence-corrected chi connectivity index (χ0v) is 12.7. The van der Waals surface area contributed by atoms with Crippen LogP contribution in [-0.2, 0) is 0 Å². The number of rotatable bonds is 4. The maximum absolute atomic E-state index is 13.9. The smallest absolute Gasteiger partial charge is 0.230 e. The standard InChI is InChI=1S/C16H13F2N5O/c1-19-14-6-13(20-7-21-14)15-22-16(24-23-15)11-5-10(11)9-3-2-8(17)4-12(9)18/h2-4,6-7,10-11H,5H2,1H3,(H,19,20,21)/t10-,11+/m0/s1. The van der Waals surface area contributed by atoms with Crippen LogP contribution in [-0.4, -0.2) is 27.2 Å². The number of hydrogen-bond acceptors (Lipinski definition) is 6. The monoisotopic (exact) mass is 329 g/mol. The number of nitrogens with zero attached hydrogens (tertiary/aromatic N) is 4. The third-order valence-corrected chi connectivity index (χ3v) is 4.06. The molecule has 8 heteroatoms. The van der Waals surface area contributed by atoms with Gasteiger partial charge in [0.15, 0.2) is 0 Å². The molecule has 1 aliphatic carbocycles. The fraction of sp³-hybridized carbons (Fsp3) is 0.250. The number of halogens is 2. The Morgan fingerprint density at radius 3 is 2.83 bits per heavy atom. The molecule has 0 spiro atoms. The van der Waals surface area contributed by atoms with Crippen molar-refractivity contribution < 1.29 is 13.3 Å². The second-order valence-corrected chi connectivity index (χ2v) is 5.61. The highest BCUT2D eigenvalue weighted by Gasteiger charge is 2.45. The van der Waals surface area contributed by atoms with Crippen molar-refractivity contribution in [1.82, 2.24) is 20.1 Å². The molecule has 0 amide bonds. The summed E-state index contributed by atoms with van der Waals surface area (Å²) in [5, 5.41) is 6.84. The van der Waals surface area contributed by atoms with Crippen LogP contribution in [0.4, 0.5) is 14.6 Å². The van der Waals surface area contributed by atoms with Crippen molar-refractivity contribution >= 4 is 5.82 Å². The van der Waals surface area contributed by atoms with E-state index in [1.807, 2.05) is 0 Å². The van der Waals surface area contributed by atoms with Crippen LogP contribution in [0.2, 0.25) is 0 Å². The molecule has 0 aliphatic heterocycles. The molecule has 1 aromatic carbocycles. The summed E-state index contributed by atoms with van der Waals surface area (Å²) < 4.78 is 32.2. The van der Waals surface area contributed by atoms with Gasteiger partial charge in [-0.2, -0.15) is 4.98 Å². The predicted molar refractivity (Wildman–Crippen MR) is 81.3 cm³/mol. The summed E-state index contributed by atoms with van der Waals surface area (Å²) in [6.45, 7) is 0. The molecule has 4 rings (SSSR count). The summed E-state index contributed by atoms with van der Waals surface area (Å²) in [5.41, 5.74) is 1.01. The van der Waals surface area contributed by atoms with Gasteiger partial charge in [0, 0.05) is 25.1 Å². The van der Waals surface area contributed by atoms with Crippen molar-refractivity contribution in [2.24, 2.45) is 0 Å². The molecular formula is C16H13F2N5O. The Kier molecular flexibility index (Phi) is 3.44. The van der Waals surface area contributed by atoms with Crippen LogP contribution in [0.25, 0.3) is 11.5 Å². The molecule has 0 saturated heterocycles. The molecular weight excluding hydrogens is 316 g/mol. The zero-order valence-electron chi connectivity index (χ0n) is 12.7. The molecule has 0 unspecified atom stereocenters. The number of anilines is 1. The second-order valence-electron chi connectivity index (χ2n) is 5.61. The molecule has 6 nitrogen and oxygen atoms in total. The van der Waals surface area contributed by atoms with Crippen LogP contribution in [0.1, 0.15) is 29.7 Å². The Hall–Kier alpha value is -2.90. The van der Waals surface area contributed by atoms with E-state index in [1.54, 1.807) is 13.1 Å². The quantitative estimate of drug-likeness (QED) is 0.792. The van der Waals surface area contributed by atoms with E-state index in [0.29, 0.717) is 35.2 Å².